The van der Waals surface area contributed by atoms with E-state index in [2.05, 4.69) is 32.3 Å². The van der Waals surface area contributed by atoms with Crippen molar-refractivity contribution in [2.45, 2.75) is 46.1 Å². The molecule has 0 bridgehead atoms. The Morgan fingerprint density at radius 2 is 1.90 bits per heavy atom. The summed E-state index contributed by atoms with van der Waals surface area (Å²) >= 11 is 1.47. The molecule has 1 saturated heterocycles. The summed E-state index contributed by atoms with van der Waals surface area (Å²) in [5.41, 5.74) is 3.12. The Hall–Kier alpha value is -2.51. The highest BCUT2D eigenvalue weighted by molar-refractivity contribution is 7.20. The molecule has 7 heteroatoms. The van der Waals surface area contributed by atoms with E-state index >= 15 is 0 Å². The normalized spacial score (nSPS) is 15.4. The molecule has 164 valence electrons. The predicted molar refractivity (Wildman–Crippen MR) is 125 cm³/mol. The summed E-state index contributed by atoms with van der Waals surface area (Å²) < 4.78 is 5.31. The zero-order valence-electron chi connectivity index (χ0n) is 18.7. The quantitative estimate of drug-likeness (QED) is 0.590. The van der Waals surface area contributed by atoms with Gasteiger partial charge in [-0.25, -0.2) is 9.97 Å². The van der Waals surface area contributed by atoms with Gasteiger partial charge in [0.25, 0.3) is 5.91 Å². The summed E-state index contributed by atoms with van der Waals surface area (Å²) in [6, 6.07) is 8.33. The number of carbonyl (C=O) groups excluding carboxylic acids is 1. The standard InChI is InChI=1S/C24H30N4O2S/c1-5-20-26-16(3)21-15(2)22(31-24(21)27-20)23(29)25-14-19(28-12-6-7-13-28)17-8-10-18(30-4)11-9-17/h8-11,19H,5-7,12-14H2,1-4H3,(H,25,29)/t19-/m0/s1. The van der Waals surface area contributed by atoms with Crippen molar-refractivity contribution >= 4 is 27.5 Å². The molecule has 31 heavy (non-hydrogen) atoms. The van der Waals surface area contributed by atoms with Gasteiger partial charge < -0.3 is 10.1 Å². The van der Waals surface area contributed by atoms with Crippen molar-refractivity contribution in [3.05, 3.63) is 51.8 Å². The first-order valence-electron chi connectivity index (χ1n) is 10.9. The molecule has 2 aromatic heterocycles. The highest BCUT2D eigenvalue weighted by atomic mass is 32.1. The summed E-state index contributed by atoms with van der Waals surface area (Å²) in [4.78, 5) is 26.5. The van der Waals surface area contributed by atoms with Crippen LogP contribution >= 0.6 is 11.3 Å². The van der Waals surface area contributed by atoms with E-state index in [1.54, 1.807) is 7.11 Å². The third kappa shape index (κ3) is 4.43. The van der Waals surface area contributed by atoms with Gasteiger partial charge in [0, 0.05) is 24.0 Å². The first-order valence-corrected chi connectivity index (χ1v) is 11.8. The number of aryl methyl sites for hydroxylation is 3. The fourth-order valence-corrected chi connectivity index (χ4v) is 5.54. The van der Waals surface area contributed by atoms with E-state index < -0.39 is 0 Å². The molecule has 1 aromatic carbocycles. The third-order valence-corrected chi connectivity index (χ3v) is 7.26. The Morgan fingerprint density at radius 3 is 2.55 bits per heavy atom. The number of hydrogen-bond donors (Lipinski definition) is 1. The van der Waals surface area contributed by atoms with Gasteiger partial charge in [-0.2, -0.15) is 0 Å². The van der Waals surface area contributed by atoms with E-state index in [-0.39, 0.29) is 11.9 Å². The van der Waals surface area contributed by atoms with Crippen LogP contribution in [0, 0.1) is 13.8 Å². The van der Waals surface area contributed by atoms with Gasteiger partial charge in [-0.3, -0.25) is 9.69 Å². The van der Waals surface area contributed by atoms with Crippen LogP contribution in [0.3, 0.4) is 0 Å². The van der Waals surface area contributed by atoms with Gasteiger partial charge in [0.2, 0.25) is 0 Å². The van der Waals surface area contributed by atoms with Crippen molar-refractivity contribution in [2.24, 2.45) is 0 Å². The molecule has 0 radical (unpaired) electrons. The minimum absolute atomic E-state index is 0.0318. The van der Waals surface area contributed by atoms with Gasteiger partial charge in [0.1, 0.15) is 16.4 Å². The Morgan fingerprint density at radius 1 is 1.19 bits per heavy atom. The fourth-order valence-electron chi connectivity index (χ4n) is 4.38. The van der Waals surface area contributed by atoms with Crippen LogP contribution in [-0.4, -0.2) is 47.5 Å². The highest BCUT2D eigenvalue weighted by Crippen LogP contribution is 2.32. The van der Waals surface area contributed by atoms with Crippen LogP contribution in [0.15, 0.2) is 24.3 Å². The van der Waals surface area contributed by atoms with Gasteiger partial charge in [-0.15, -0.1) is 11.3 Å². The molecule has 4 rings (SSSR count). The lowest BCUT2D eigenvalue weighted by molar-refractivity contribution is 0.0941. The summed E-state index contributed by atoms with van der Waals surface area (Å²) in [6.45, 7) is 8.73. The van der Waals surface area contributed by atoms with Crippen molar-refractivity contribution in [1.29, 1.82) is 0 Å². The van der Waals surface area contributed by atoms with E-state index in [1.807, 2.05) is 32.9 Å². The van der Waals surface area contributed by atoms with Crippen LogP contribution in [0.1, 0.15) is 58.1 Å². The molecular weight excluding hydrogens is 408 g/mol. The summed E-state index contributed by atoms with van der Waals surface area (Å²) in [5, 5.41) is 4.22. The van der Waals surface area contributed by atoms with Gasteiger partial charge in [0.05, 0.1) is 18.0 Å². The number of amides is 1. The number of thiophene rings is 1. The number of nitrogens with zero attached hydrogens (tertiary/aromatic N) is 3. The van der Waals surface area contributed by atoms with E-state index in [0.717, 1.165) is 57.4 Å². The molecule has 1 atom stereocenters. The van der Waals surface area contributed by atoms with Crippen molar-refractivity contribution in [1.82, 2.24) is 20.2 Å². The molecule has 0 aliphatic carbocycles. The largest absolute Gasteiger partial charge is 0.497 e. The molecule has 1 aliphatic heterocycles. The van der Waals surface area contributed by atoms with Crippen LogP contribution in [0.5, 0.6) is 5.75 Å². The molecule has 3 aromatic rings. The molecule has 1 fully saturated rings. The van der Waals surface area contributed by atoms with Crippen LogP contribution < -0.4 is 10.1 Å². The van der Waals surface area contributed by atoms with Gasteiger partial charge in [-0.1, -0.05) is 19.1 Å². The molecule has 0 spiro atoms. The number of fused-ring (bicyclic) bond motifs is 1. The lowest BCUT2D eigenvalue weighted by atomic mass is 10.0. The highest BCUT2D eigenvalue weighted by Gasteiger charge is 2.25. The number of benzene rings is 1. The van der Waals surface area contributed by atoms with Crippen molar-refractivity contribution in [2.75, 3.05) is 26.7 Å². The molecule has 1 N–H and O–H groups in total. The molecule has 1 aliphatic rings. The Kier molecular flexibility index (Phi) is 6.53. The van der Waals surface area contributed by atoms with Crippen molar-refractivity contribution in [3.63, 3.8) is 0 Å². The van der Waals surface area contributed by atoms with Crippen LogP contribution in [0.25, 0.3) is 10.2 Å². The lowest BCUT2D eigenvalue weighted by Gasteiger charge is -2.28. The zero-order chi connectivity index (χ0) is 22.0. The number of carbonyl (C=O) groups is 1. The van der Waals surface area contributed by atoms with E-state index in [1.165, 1.54) is 29.7 Å². The molecule has 6 nitrogen and oxygen atoms in total. The number of likely N-dealkylation sites (tertiary alicyclic amines) is 1. The first kappa shape index (κ1) is 21.7. The number of rotatable bonds is 7. The number of ether oxygens (including phenoxy) is 1. The number of methoxy groups -OCH3 is 1. The lowest BCUT2D eigenvalue weighted by Crippen LogP contribution is -2.36. The molecule has 3 heterocycles. The predicted octanol–water partition coefficient (Wildman–Crippen LogP) is 4.45. The second-order valence-electron chi connectivity index (χ2n) is 8.06. The minimum Gasteiger partial charge on any atom is -0.497 e. The van der Waals surface area contributed by atoms with Crippen LogP contribution in [0.4, 0.5) is 0 Å². The Bertz CT molecular complexity index is 1070. The van der Waals surface area contributed by atoms with Gasteiger partial charge in [-0.05, 0) is 63.0 Å². The van der Waals surface area contributed by atoms with E-state index in [4.69, 9.17) is 4.74 Å². The molecular formula is C24H30N4O2S. The van der Waals surface area contributed by atoms with Gasteiger partial charge >= 0.3 is 0 Å². The molecule has 0 unspecified atom stereocenters. The smallest absolute Gasteiger partial charge is 0.261 e. The average molecular weight is 439 g/mol. The van der Waals surface area contributed by atoms with Crippen molar-refractivity contribution < 1.29 is 9.53 Å². The topological polar surface area (TPSA) is 67.3 Å². The third-order valence-electron chi connectivity index (χ3n) is 6.08. The zero-order valence-corrected chi connectivity index (χ0v) is 19.5. The molecule has 0 saturated carbocycles. The summed E-state index contributed by atoms with van der Waals surface area (Å²) in [5.74, 6) is 1.64. The van der Waals surface area contributed by atoms with Crippen molar-refractivity contribution in [3.8, 4) is 5.75 Å². The van der Waals surface area contributed by atoms with E-state index in [9.17, 15) is 4.79 Å². The second-order valence-corrected chi connectivity index (χ2v) is 9.06. The van der Waals surface area contributed by atoms with Crippen LogP contribution in [-0.2, 0) is 6.42 Å². The maximum absolute atomic E-state index is 13.2. The second kappa shape index (κ2) is 9.32. The summed E-state index contributed by atoms with van der Waals surface area (Å²) in [7, 11) is 1.68. The first-order chi connectivity index (χ1) is 15.0. The summed E-state index contributed by atoms with van der Waals surface area (Å²) in [6.07, 6.45) is 3.19. The van der Waals surface area contributed by atoms with Crippen LogP contribution in [0.2, 0.25) is 0 Å². The monoisotopic (exact) mass is 438 g/mol. The SMILES string of the molecule is CCc1nc(C)c2c(C)c(C(=O)NC[C@@H](c3ccc(OC)cc3)N3CCCC3)sc2n1. The van der Waals surface area contributed by atoms with Gasteiger partial charge in [0.15, 0.2) is 0 Å². The maximum Gasteiger partial charge on any atom is 0.261 e. The molecule has 1 amide bonds. The van der Waals surface area contributed by atoms with E-state index in [0.29, 0.717) is 6.54 Å². The number of hydrogen-bond acceptors (Lipinski definition) is 6. The Balaban J connectivity index is 1.56. The average Bonchev–Trinajstić information content (AvgIpc) is 3.42. The number of nitrogens with one attached hydrogen (secondary N) is 1. The fraction of sp³-hybridized carbons (Fsp3) is 0.458. The Labute approximate surface area is 187 Å². The maximum atomic E-state index is 13.2. The number of aromatic nitrogens is 2. The minimum atomic E-state index is -0.0318.